The summed E-state index contributed by atoms with van der Waals surface area (Å²) in [4.78, 5) is 16.9. The van der Waals surface area contributed by atoms with Crippen molar-refractivity contribution in [1.29, 1.82) is 0 Å². The van der Waals surface area contributed by atoms with Gasteiger partial charge in [0, 0.05) is 52.0 Å². The molecule has 5 rings (SSSR count). The van der Waals surface area contributed by atoms with E-state index in [0.29, 0.717) is 0 Å². The van der Waals surface area contributed by atoms with E-state index in [9.17, 15) is 0 Å². The first-order valence-electron chi connectivity index (χ1n) is 10.2. The summed E-state index contributed by atoms with van der Waals surface area (Å²) in [6.45, 7) is 1.96. The third-order valence-electron chi connectivity index (χ3n) is 4.87. The van der Waals surface area contributed by atoms with Gasteiger partial charge in [-0.1, -0.05) is 18.2 Å². The molecule has 0 atom stereocenters. The Bertz CT molecular complexity index is 1350. The van der Waals surface area contributed by atoms with Crippen LogP contribution in [0, 0.1) is 0 Å². The van der Waals surface area contributed by atoms with Gasteiger partial charge >= 0.3 is 0 Å². The summed E-state index contributed by atoms with van der Waals surface area (Å²) in [6, 6.07) is 17.4. The fraction of sp³-hybridized carbons (Fsp3) is 0.160. The summed E-state index contributed by atoms with van der Waals surface area (Å²) in [5.41, 5.74) is 5.76. The number of thiophene rings is 1. The second-order valence-corrected chi connectivity index (χ2v) is 8.93. The maximum atomic E-state index is 9.00. The molecule has 0 saturated carbocycles. The molecule has 0 fully saturated rings. The largest absolute Gasteiger partial charge is 0.481 e. The number of hydrogen-bond acceptors (Lipinski definition) is 5. The highest BCUT2D eigenvalue weighted by Crippen LogP contribution is 2.39. The molecule has 2 aromatic carbocycles. The number of aliphatic carboxylic acids is 1. The van der Waals surface area contributed by atoms with Crippen molar-refractivity contribution < 1.29 is 9.90 Å². The lowest BCUT2D eigenvalue weighted by Crippen LogP contribution is -2.10. The molecule has 32 heavy (non-hydrogen) atoms. The highest BCUT2D eigenvalue weighted by atomic mass is 32.1. The van der Waals surface area contributed by atoms with Crippen molar-refractivity contribution in [1.82, 2.24) is 20.1 Å². The molecule has 0 unspecified atom stereocenters. The molecule has 0 aliphatic rings. The average Bonchev–Trinajstić information content (AvgIpc) is 3.39. The van der Waals surface area contributed by atoms with Crippen LogP contribution in [0.5, 0.6) is 0 Å². The van der Waals surface area contributed by atoms with E-state index in [-0.39, 0.29) is 0 Å². The third kappa shape index (κ3) is 4.85. The fourth-order valence-electron chi connectivity index (χ4n) is 3.63. The number of fused-ring (bicyclic) bond motifs is 2. The first-order valence-corrected chi connectivity index (χ1v) is 11.0. The Morgan fingerprint density at radius 2 is 1.81 bits per heavy atom. The lowest BCUT2D eigenvalue weighted by Gasteiger charge is -2.11. The van der Waals surface area contributed by atoms with Crippen LogP contribution in [-0.2, 0) is 11.3 Å². The van der Waals surface area contributed by atoms with Gasteiger partial charge in [-0.2, -0.15) is 5.10 Å². The predicted molar refractivity (Wildman–Crippen MR) is 131 cm³/mol. The van der Waals surface area contributed by atoms with E-state index in [1.807, 2.05) is 29.9 Å². The Kier molecular flexibility index (Phi) is 6.30. The van der Waals surface area contributed by atoms with Crippen molar-refractivity contribution >= 4 is 38.3 Å². The quantitative estimate of drug-likeness (QED) is 0.374. The molecule has 0 radical (unpaired) electrons. The number of aromatic nitrogens is 3. The number of nitrogens with one attached hydrogen (secondary N) is 1. The van der Waals surface area contributed by atoms with E-state index in [4.69, 9.17) is 9.90 Å². The molecule has 7 heteroatoms. The summed E-state index contributed by atoms with van der Waals surface area (Å²) in [5, 5.41) is 17.3. The zero-order valence-corrected chi connectivity index (χ0v) is 19.0. The highest BCUT2D eigenvalue weighted by molar-refractivity contribution is 7.22. The van der Waals surface area contributed by atoms with Gasteiger partial charge in [0.25, 0.3) is 5.97 Å². The number of hydrogen-bond donors (Lipinski definition) is 2. The molecule has 6 nitrogen and oxygen atoms in total. The zero-order chi connectivity index (χ0) is 22.7. The monoisotopic (exact) mass is 444 g/mol. The van der Waals surface area contributed by atoms with Gasteiger partial charge in [-0.15, -0.1) is 11.3 Å². The minimum Gasteiger partial charge on any atom is -0.481 e. The zero-order valence-electron chi connectivity index (χ0n) is 18.2. The van der Waals surface area contributed by atoms with E-state index >= 15 is 0 Å². The number of benzene rings is 2. The summed E-state index contributed by atoms with van der Waals surface area (Å²) >= 11 is 1.81. The normalized spacial score (nSPS) is 11.0. The maximum absolute atomic E-state index is 9.00. The Morgan fingerprint density at radius 3 is 2.56 bits per heavy atom. The van der Waals surface area contributed by atoms with Gasteiger partial charge < -0.3 is 10.0 Å². The van der Waals surface area contributed by atoms with Crippen LogP contribution in [0.25, 0.3) is 42.6 Å². The molecule has 0 saturated heterocycles. The van der Waals surface area contributed by atoms with Gasteiger partial charge in [-0.3, -0.25) is 14.9 Å². The van der Waals surface area contributed by atoms with Crippen molar-refractivity contribution in [3.8, 4) is 21.6 Å². The molecule has 162 valence electrons. The van der Waals surface area contributed by atoms with Crippen LogP contribution >= 0.6 is 11.3 Å². The van der Waals surface area contributed by atoms with Crippen molar-refractivity contribution in [2.24, 2.45) is 0 Å². The Labute approximate surface area is 190 Å². The van der Waals surface area contributed by atoms with E-state index in [1.165, 1.54) is 26.1 Å². The van der Waals surface area contributed by atoms with Crippen LogP contribution in [-0.4, -0.2) is 45.3 Å². The highest BCUT2D eigenvalue weighted by Gasteiger charge is 2.13. The SMILES string of the molecule is CC(=O)O.CN(C)Cc1cncc(-c2cc(-c3cc4ccccc4s3)c3[nH]ncc3c2)c1. The fourth-order valence-corrected chi connectivity index (χ4v) is 4.72. The Hall–Kier alpha value is -3.55. The molecule has 0 aliphatic heterocycles. The minimum atomic E-state index is -0.833. The van der Waals surface area contributed by atoms with Crippen molar-refractivity contribution in [3.05, 3.63) is 72.7 Å². The molecule has 5 aromatic rings. The Morgan fingerprint density at radius 1 is 1.03 bits per heavy atom. The van der Waals surface area contributed by atoms with E-state index < -0.39 is 5.97 Å². The molecule has 0 bridgehead atoms. The average molecular weight is 445 g/mol. The van der Waals surface area contributed by atoms with Gasteiger partial charge in [0.05, 0.1) is 11.7 Å². The Balaban J connectivity index is 0.000000567. The third-order valence-corrected chi connectivity index (χ3v) is 6.02. The summed E-state index contributed by atoms with van der Waals surface area (Å²) in [6.07, 6.45) is 5.77. The number of carboxylic acid groups (broad SMARTS) is 1. The molecule has 0 amide bonds. The minimum absolute atomic E-state index is 0.833. The number of carboxylic acids is 1. The van der Waals surface area contributed by atoms with E-state index in [2.05, 4.69) is 82.7 Å². The lowest BCUT2D eigenvalue weighted by molar-refractivity contribution is -0.134. The molecule has 0 spiro atoms. The summed E-state index contributed by atoms with van der Waals surface area (Å²) in [7, 11) is 4.15. The van der Waals surface area contributed by atoms with E-state index in [0.717, 1.165) is 35.5 Å². The number of H-pyrrole nitrogens is 1. The smallest absolute Gasteiger partial charge is 0.300 e. The second kappa shape index (κ2) is 9.30. The molecular formula is C25H24N4O2S. The predicted octanol–water partition coefficient (Wildman–Crippen LogP) is 5.66. The second-order valence-electron chi connectivity index (χ2n) is 7.85. The molecule has 3 heterocycles. The number of nitrogens with zero attached hydrogens (tertiary/aromatic N) is 3. The van der Waals surface area contributed by atoms with Gasteiger partial charge in [-0.25, -0.2) is 0 Å². The molecule has 0 aliphatic carbocycles. The van der Waals surface area contributed by atoms with Crippen molar-refractivity contribution in [3.63, 3.8) is 0 Å². The van der Waals surface area contributed by atoms with Crippen LogP contribution in [0.15, 0.2) is 67.1 Å². The number of pyridine rings is 1. The van der Waals surface area contributed by atoms with Crippen LogP contribution in [0.2, 0.25) is 0 Å². The van der Waals surface area contributed by atoms with E-state index in [1.54, 1.807) is 0 Å². The maximum Gasteiger partial charge on any atom is 0.300 e. The van der Waals surface area contributed by atoms with Gasteiger partial charge in [0.2, 0.25) is 0 Å². The number of aromatic amines is 1. The van der Waals surface area contributed by atoms with Crippen LogP contribution in [0.3, 0.4) is 0 Å². The van der Waals surface area contributed by atoms with Gasteiger partial charge in [-0.05, 0) is 60.9 Å². The van der Waals surface area contributed by atoms with Crippen LogP contribution in [0.1, 0.15) is 12.5 Å². The molecule has 2 N–H and O–H groups in total. The first kappa shape index (κ1) is 21.7. The summed E-state index contributed by atoms with van der Waals surface area (Å²) < 4.78 is 1.30. The molecular weight excluding hydrogens is 420 g/mol. The standard InChI is InChI=1S/C23H20N4S.C2H4O2/c1-27(2)14-15-7-18(12-24-11-15)17-8-19-13-25-26-23(19)20(9-17)22-10-16-5-3-4-6-21(16)28-22;1-2(3)4/h3-13H,14H2,1-2H3,(H,25,26);1H3,(H,3,4). The first-order chi connectivity index (χ1) is 15.4. The number of rotatable bonds is 4. The van der Waals surface area contributed by atoms with Gasteiger partial charge in [0.15, 0.2) is 0 Å². The van der Waals surface area contributed by atoms with Crippen molar-refractivity contribution in [2.75, 3.05) is 14.1 Å². The summed E-state index contributed by atoms with van der Waals surface area (Å²) in [5.74, 6) is -0.833. The lowest BCUT2D eigenvalue weighted by atomic mass is 9.99. The van der Waals surface area contributed by atoms with Crippen LogP contribution in [0.4, 0.5) is 0 Å². The van der Waals surface area contributed by atoms with Crippen molar-refractivity contribution in [2.45, 2.75) is 13.5 Å². The number of carbonyl (C=O) groups is 1. The van der Waals surface area contributed by atoms with Crippen LogP contribution < -0.4 is 0 Å². The topological polar surface area (TPSA) is 82.1 Å². The molecule has 3 aromatic heterocycles. The van der Waals surface area contributed by atoms with Gasteiger partial charge in [0.1, 0.15) is 0 Å².